The molecule has 4 heterocycles. The van der Waals surface area contributed by atoms with Crippen molar-refractivity contribution in [2.24, 2.45) is 0 Å². The first-order valence-corrected chi connectivity index (χ1v) is 9.68. The molecule has 0 N–H and O–H groups in total. The van der Waals surface area contributed by atoms with Crippen LogP contribution in [0.25, 0.3) is 17.1 Å². The summed E-state index contributed by atoms with van der Waals surface area (Å²) in [7, 11) is 5.22. The van der Waals surface area contributed by atoms with Gasteiger partial charge in [-0.05, 0) is 25.2 Å². The molecule has 9 heteroatoms. The molecule has 1 saturated heterocycles. The first-order valence-electron chi connectivity index (χ1n) is 9.68. The van der Waals surface area contributed by atoms with Crippen LogP contribution in [0.5, 0.6) is 11.6 Å². The molecule has 0 unspecified atom stereocenters. The number of pyridine rings is 2. The largest absolute Gasteiger partial charge is 0.497 e. The Morgan fingerprint density at radius 2 is 1.80 bits per heavy atom. The predicted octanol–water partition coefficient (Wildman–Crippen LogP) is 1.73. The Morgan fingerprint density at radius 1 is 1.00 bits per heavy atom. The van der Waals surface area contributed by atoms with Gasteiger partial charge in [0.2, 0.25) is 5.88 Å². The number of methoxy groups -OCH3 is 2. The van der Waals surface area contributed by atoms with Crippen LogP contribution in [0, 0.1) is 0 Å². The molecule has 0 spiro atoms. The van der Waals surface area contributed by atoms with Crippen LogP contribution in [0.1, 0.15) is 10.5 Å². The molecule has 156 valence electrons. The third kappa shape index (κ3) is 3.97. The van der Waals surface area contributed by atoms with Crippen molar-refractivity contribution in [3.63, 3.8) is 0 Å². The van der Waals surface area contributed by atoms with Crippen molar-refractivity contribution < 1.29 is 14.3 Å². The van der Waals surface area contributed by atoms with Crippen LogP contribution in [0.3, 0.4) is 0 Å². The van der Waals surface area contributed by atoms with Crippen molar-refractivity contribution in [1.82, 2.24) is 29.5 Å². The van der Waals surface area contributed by atoms with E-state index in [1.165, 1.54) is 0 Å². The molecule has 0 aliphatic carbocycles. The maximum Gasteiger partial charge on any atom is 0.274 e. The van der Waals surface area contributed by atoms with Crippen molar-refractivity contribution >= 4 is 5.91 Å². The third-order valence-electron chi connectivity index (χ3n) is 5.12. The lowest BCUT2D eigenvalue weighted by Crippen LogP contribution is -2.47. The predicted molar refractivity (Wildman–Crippen MR) is 111 cm³/mol. The SMILES string of the molecule is COc1ccnc(-c2cc(C(=O)N3CCN(C)CC3)nn2-c2ccc(OC)nc2)c1. The third-order valence-corrected chi connectivity index (χ3v) is 5.12. The summed E-state index contributed by atoms with van der Waals surface area (Å²) in [6, 6.07) is 8.95. The van der Waals surface area contributed by atoms with Gasteiger partial charge in [0.05, 0.1) is 37.5 Å². The van der Waals surface area contributed by atoms with Gasteiger partial charge in [0.15, 0.2) is 5.69 Å². The molecule has 0 bridgehead atoms. The number of amides is 1. The number of piperazine rings is 1. The number of rotatable bonds is 5. The number of carbonyl (C=O) groups excluding carboxylic acids is 1. The molecule has 3 aromatic rings. The quantitative estimate of drug-likeness (QED) is 0.636. The lowest BCUT2D eigenvalue weighted by molar-refractivity contribution is 0.0657. The van der Waals surface area contributed by atoms with E-state index in [0.717, 1.165) is 13.1 Å². The highest BCUT2D eigenvalue weighted by Gasteiger charge is 2.25. The van der Waals surface area contributed by atoms with Gasteiger partial charge in [-0.1, -0.05) is 0 Å². The van der Waals surface area contributed by atoms with Crippen LogP contribution < -0.4 is 9.47 Å². The van der Waals surface area contributed by atoms with Gasteiger partial charge >= 0.3 is 0 Å². The normalized spacial score (nSPS) is 14.6. The zero-order valence-electron chi connectivity index (χ0n) is 17.3. The van der Waals surface area contributed by atoms with E-state index in [4.69, 9.17) is 9.47 Å². The minimum Gasteiger partial charge on any atom is -0.497 e. The molecule has 0 saturated carbocycles. The first kappa shape index (κ1) is 19.8. The van der Waals surface area contributed by atoms with Crippen LogP contribution in [-0.2, 0) is 0 Å². The van der Waals surface area contributed by atoms with Crippen molar-refractivity contribution in [3.05, 3.63) is 48.4 Å². The zero-order chi connectivity index (χ0) is 21.1. The average Bonchev–Trinajstić information content (AvgIpc) is 3.25. The van der Waals surface area contributed by atoms with E-state index in [0.29, 0.717) is 47.5 Å². The van der Waals surface area contributed by atoms with Gasteiger partial charge in [0, 0.05) is 44.5 Å². The molecule has 9 nitrogen and oxygen atoms in total. The highest BCUT2D eigenvalue weighted by molar-refractivity contribution is 5.93. The topological polar surface area (TPSA) is 85.6 Å². The Hall–Kier alpha value is -3.46. The average molecular weight is 408 g/mol. The summed E-state index contributed by atoms with van der Waals surface area (Å²) < 4.78 is 12.2. The number of likely N-dealkylation sites (N-methyl/N-ethyl adjacent to an activating group) is 1. The molecular formula is C21H24N6O3. The summed E-state index contributed by atoms with van der Waals surface area (Å²) in [6.45, 7) is 3.05. The second-order valence-corrected chi connectivity index (χ2v) is 7.06. The molecule has 0 atom stereocenters. The minimum absolute atomic E-state index is 0.0903. The zero-order valence-corrected chi connectivity index (χ0v) is 17.3. The van der Waals surface area contributed by atoms with Crippen LogP contribution in [0.15, 0.2) is 42.7 Å². The number of ether oxygens (including phenoxy) is 2. The fraction of sp³-hybridized carbons (Fsp3) is 0.333. The van der Waals surface area contributed by atoms with E-state index >= 15 is 0 Å². The minimum atomic E-state index is -0.0903. The lowest BCUT2D eigenvalue weighted by atomic mass is 10.2. The molecule has 30 heavy (non-hydrogen) atoms. The standard InChI is InChI=1S/C21H24N6O3/c1-25-8-10-26(11-9-25)21(28)18-13-19(17-12-16(29-2)6-7-22-17)27(24-18)15-4-5-20(30-3)23-14-15/h4-7,12-14H,8-11H2,1-3H3. The Bertz CT molecular complexity index is 1030. The number of carbonyl (C=O) groups is 1. The van der Waals surface area contributed by atoms with E-state index in [-0.39, 0.29) is 5.91 Å². The molecule has 3 aromatic heterocycles. The fourth-order valence-corrected chi connectivity index (χ4v) is 3.33. The number of nitrogens with zero attached hydrogens (tertiary/aromatic N) is 6. The summed E-state index contributed by atoms with van der Waals surface area (Å²) >= 11 is 0. The van der Waals surface area contributed by atoms with E-state index in [1.807, 2.05) is 17.0 Å². The van der Waals surface area contributed by atoms with E-state index in [9.17, 15) is 4.79 Å². The van der Waals surface area contributed by atoms with Crippen molar-refractivity contribution in [2.45, 2.75) is 0 Å². The summed E-state index contributed by atoms with van der Waals surface area (Å²) in [4.78, 5) is 25.9. The smallest absolute Gasteiger partial charge is 0.274 e. The number of hydrogen-bond acceptors (Lipinski definition) is 7. The number of aromatic nitrogens is 4. The Labute approximate surface area is 174 Å². The van der Waals surface area contributed by atoms with Crippen molar-refractivity contribution in [3.8, 4) is 28.7 Å². The Morgan fingerprint density at radius 3 is 2.47 bits per heavy atom. The molecule has 0 aromatic carbocycles. The van der Waals surface area contributed by atoms with Crippen LogP contribution in [-0.4, -0.2) is 82.9 Å². The summed E-state index contributed by atoms with van der Waals surface area (Å²) in [5.74, 6) is 1.08. The van der Waals surface area contributed by atoms with E-state index < -0.39 is 0 Å². The lowest BCUT2D eigenvalue weighted by Gasteiger charge is -2.31. The van der Waals surface area contributed by atoms with Gasteiger partial charge in [-0.25, -0.2) is 9.67 Å². The van der Waals surface area contributed by atoms with Gasteiger partial charge < -0.3 is 19.3 Å². The summed E-state index contributed by atoms with van der Waals surface area (Å²) in [5, 5.41) is 4.61. The molecule has 1 aliphatic rings. The molecule has 1 amide bonds. The molecule has 4 rings (SSSR count). The molecular weight excluding hydrogens is 384 g/mol. The maximum absolute atomic E-state index is 13.1. The fourth-order valence-electron chi connectivity index (χ4n) is 3.33. The number of hydrogen-bond donors (Lipinski definition) is 0. The van der Waals surface area contributed by atoms with Gasteiger partial charge in [0.1, 0.15) is 5.75 Å². The second kappa shape index (κ2) is 8.50. The summed E-state index contributed by atoms with van der Waals surface area (Å²) in [6.07, 6.45) is 3.32. The van der Waals surface area contributed by atoms with Crippen molar-refractivity contribution in [1.29, 1.82) is 0 Å². The Kier molecular flexibility index (Phi) is 5.62. The highest BCUT2D eigenvalue weighted by Crippen LogP contribution is 2.26. The Balaban J connectivity index is 1.75. The van der Waals surface area contributed by atoms with Gasteiger partial charge in [-0.3, -0.25) is 9.78 Å². The maximum atomic E-state index is 13.1. The molecule has 1 aliphatic heterocycles. The van der Waals surface area contributed by atoms with Gasteiger partial charge in [-0.2, -0.15) is 5.10 Å². The summed E-state index contributed by atoms with van der Waals surface area (Å²) in [5.41, 5.74) is 2.40. The molecule has 0 radical (unpaired) electrons. The first-order chi connectivity index (χ1) is 14.6. The van der Waals surface area contributed by atoms with Gasteiger partial charge in [0.25, 0.3) is 5.91 Å². The monoisotopic (exact) mass is 408 g/mol. The second-order valence-electron chi connectivity index (χ2n) is 7.06. The van der Waals surface area contributed by atoms with E-state index in [1.54, 1.807) is 49.5 Å². The highest BCUT2D eigenvalue weighted by atomic mass is 16.5. The van der Waals surface area contributed by atoms with Crippen LogP contribution in [0.2, 0.25) is 0 Å². The van der Waals surface area contributed by atoms with Crippen molar-refractivity contribution in [2.75, 3.05) is 47.4 Å². The molecule has 1 fully saturated rings. The van der Waals surface area contributed by atoms with E-state index in [2.05, 4.69) is 27.0 Å². The van der Waals surface area contributed by atoms with Crippen LogP contribution in [0.4, 0.5) is 0 Å². The van der Waals surface area contributed by atoms with Gasteiger partial charge in [-0.15, -0.1) is 0 Å². The van der Waals surface area contributed by atoms with Crippen LogP contribution >= 0.6 is 0 Å².